The van der Waals surface area contributed by atoms with Crippen molar-refractivity contribution in [1.82, 2.24) is 9.97 Å². The van der Waals surface area contributed by atoms with Crippen molar-refractivity contribution < 1.29 is 8.78 Å². The fraction of sp³-hybridized carbons (Fsp3) is 0.0909. The van der Waals surface area contributed by atoms with Crippen molar-refractivity contribution in [3.63, 3.8) is 0 Å². The topological polar surface area (TPSA) is 37.8 Å². The molecule has 0 amide bonds. The highest BCUT2D eigenvalue weighted by molar-refractivity contribution is 6.28. The molecule has 0 radical (unpaired) electrons. The molecule has 0 aliphatic carbocycles. The van der Waals surface area contributed by atoms with Gasteiger partial charge in [-0.05, 0) is 35.4 Å². The van der Waals surface area contributed by atoms with Crippen molar-refractivity contribution in [2.75, 3.05) is 5.32 Å². The van der Waals surface area contributed by atoms with Gasteiger partial charge in [-0.2, -0.15) is 0 Å². The largest absolute Gasteiger partial charge is 0.366 e. The van der Waals surface area contributed by atoms with Crippen LogP contribution in [0.5, 0.6) is 0 Å². The van der Waals surface area contributed by atoms with E-state index in [-0.39, 0.29) is 5.28 Å². The van der Waals surface area contributed by atoms with E-state index < -0.39 is 11.6 Å². The summed E-state index contributed by atoms with van der Waals surface area (Å²) in [5, 5.41) is 3.05. The smallest absolute Gasteiger partial charge is 0.224 e. The van der Waals surface area contributed by atoms with Crippen LogP contribution in [0.1, 0.15) is 5.56 Å². The third-order valence-corrected chi connectivity index (χ3v) is 2.27. The zero-order chi connectivity index (χ0) is 12.3. The van der Waals surface area contributed by atoms with Crippen molar-refractivity contribution in [2.45, 2.75) is 6.54 Å². The molecule has 0 bridgehead atoms. The normalized spacial score (nSPS) is 10.3. The van der Waals surface area contributed by atoms with Gasteiger partial charge >= 0.3 is 0 Å². The molecule has 1 N–H and O–H groups in total. The maximum Gasteiger partial charge on any atom is 0.224 e. The van der Waals surface area contributed by atoms with Gasteiger partial charge < -0.3 is 5.32 Å². The summed E-state index contributed by atoms with van der Waals surface area (Å²) in [6.45, 7) is 0.324. The van der Waals surface area contributed by atoms with Crippen LogP contribution in [0.4, 0.5) is 14.6 Å². The minimum Gasteiger partial charge on any atom is -0.366 e. The maximum absolute atomic E-state index is 12.9. The van der Waals surface area contributed by atoms with Crippen LogP contribution in [0, 0.1) is 11.6 Å². The Balaban J connectivity index is 2.05. The Kier molecular flexibility index (Phi) is 3.49. The summed E-state index contributed by atoms with van der Waals surface area (Å²) in [4.78, 5) is 7.63. The summed E-state index contributed by atoms with van der Waals surface area (Å²) in [5.74, 6) is -1.21. The molecule has 1 aromatic heterocycles. The highest BCUT2D eigenvalue weighted by Gasteiger charge is 2.02. The molecule has 88 valence electrons. The number of nitrogens with one attached hydrogen (secondary N) is 1. The first-order valence-corrected chi connectivity index (χ1v) is 5.19. The zero-order valence-corrected chi connectivity index (χ0v) is 9.38. The second-order valence-electron chi connectivity index (χ2n) is 3.31. The van der Waals surface area contributed by atoms with Crippen molar-refractivity contribution in [2.24, 2.45) is 0 Å². The summed E-state index contributed by atoms with van der Waals surface area (Å²) in [6, 6.07) is 5.34. The summed E-state index contributed by atoms with van der Waals surface area (Å²) >= 11 is 5.60. The molecule has 3 nitrogen and oxygen atoms in total. The first kappa shape index (κ1) is 11.7. The number of aromatic nitrogens is 2. The van der Waals surface area contributed by atoms with Crippen molar-refractivity contribution in [1.29, 1.82) is 0 Å². The molecule has 0 unspecified atom stereocenters. The minimum absolute atomic E-state index is 0.125. The summed E-state index contributed by atoms with van der Waals surface area (Å²) in [6.07, 6.45) is 1.50. The molecule has 1 aromatic carbocycles. The lowest BCUT2D eigenvalue weighted by Gasteiger charge is -2.05. The van der Waals surface area contributed by atoms with Crippen LogP contribution < -0.4 is 5.32 Å². The van der Waals surface area contributed by atoms with Gasteiger partial charge in [0.1, 0.15) is 5.82 Å². The monoisotopic (exact) mass is 255 g/mol. The molecule has 0 fully saturated rings. The van der Waals surface area contributed by atoms with Crippen molar-refractivity contribution in [3.8, 4) is 0 Å². The second kappa shape index (κ2) is 5.05. The Hall–Kier alpha value is -1.75. The van der Waals surface area contributed by atoms with Crippen LogP contribution in [-0.2, 0) is 6.54 Å². The predicted molar refractivity (Wildman–Crippen MR) is 60.7 cm³/mol. The van der Waals surface area contributed by atoms with Gasteiger partial charge in [0.15, 0.2) is 11.6 Å². The molecule has 17 heavy (non-hydrogen) atoms. The van der Waals surface area contributed by atoms with Gasteiger partial charge in [0.05, 0.1) is 0 Å². The molecule has 0 saturated carbocycles. The number of anilines is 1. The molecular weight excluding hydrogens is 248 g/mol. The van der Waals surface area contributed by atoms with E-state index in [1.54, 1.807) is 6.07 Å². The average molecular weight is 256 g/mol. The summed E-state index contributed by atoms with van der Waals surface area (Å²) in [7, 11) is 0. The van der Waals surface area contributed by atoms with Crippen LogP contribution in [0.2, 0.25) is 5.28 Å². The maximum atomic E-state index is 12.9. The van der Waals surface area contributed by atoms with E-state index in [0.29, 0.717) is 17.9 Å². The zero-order valence-electron chi connectivity index (χ0n) is 8.62. The van der Waals surface area contributed by atoms with E-state index in [4.69, 9.17) is 11.6 Å². The van der Waals surface area contributed by atoms with E-state index in [9.17, 15) is 8.78 Å². The Morgan fingerprint density at radius 3 is 2.71 bits per heavy atom. The van der Waals surface area contributed by atoms with E-state index in [0.717, 1.165) is 12.1 Å². The molecule has 6 heteroatoms. The lowest BCUT2D eigenvalue weighted by molar-refractivity contribution is 0.507. The van der Waals surface area contributed by atoms with Gasteiger partial charge in [-0.3, -0.25) is 0 Å². The Bertz CT molecular complexity index is 534. The number of nitrogens with zero attached hydrogens (tertiary/aromatic N) is 2. The van der Waals surface area contributed by atoms with Crippen LogP contribution in [-0.4, -0.2) is 9.97 Å². The van der Waals surface area contributed by atoms with E-state index in [1.807, 2.05) is 0 Å². The first-order valence-electron chi connectivity index (χ1n) is 4.81. The molecule has 0 atom stereocenters. The Morgan fingerprint density at radius 1 is 1.18 bits per heavy atom. The number of halogens is 3. The number of rotatable bonds is 3. The van der Waals surface area contributed by atoms with Crippen molar-refractivity contribution >= 4 is 17.4 Å². The predicted octanol–water partition coefficient (Wildman–Crippen LogP) is 3.02. The molecule has 2 aromatic rings. The molecule has 2 rings (SSSR count). The molecule has 0 saturated heterocycles. The summed E-state index contributed by atoms with van der Waals surface area (Å²) < 4.78 is 25.6. The Morgan fingerprint density at radius 2 is 2.00 bits per heavy atom. The van der Waals surface area contributed by atoms with Crippen LogP contribution in [0.3, 0.4) is 0 Å². The quantitative estimate of drug-likeness (QED) is 0.857. The fourth-order valence-corrected chi connectivity index (χ4v) is 1.42. The van der Waals surface area contributed by atoms with Crippen LogP contribution >= 0.6 is 11.6 Å². The average Bonchev–Trinajstić information content (AvgIpc) is 2.31. The summed E-state index contributed by atoms with van der Waals surface area (Å²) in [5.41, 5.74) is 0.610. The SMILES string of the molecule is Fc1ccc(CNc2ccnc(Cl)n2)cc1F. The Labute approximate surface area is 101 Å². The fourth-order valence-electron chi connectivity index (χ4n) is 1.28. The van der Waals surface area contributed by atoms with Gasteiger partial charge in [-0.15, -0.1) is 0 Å². The van der Waals surface area contributed by atoms with Crippen molar-refractivity contribution in [3.05, 3.63) is 52.9 Å². The van der Waals surface area contributed by atoms with Gasteiger partial charge in [0, 0.05) is 12.7 Å². The molecule has 1 heterocycles. The lowest BCUT2D eigenvalue weighted by atomic mass is 10.2. The van der Waals surface area contributed by atoms with Crippen LogP contribution in [0.15, 0.2) is 30.5 Å². The van der Waals surface area contributed by atoms with E-state index >= 15 is 0 Å². The number of hydrogen-bond donors (Lipinski definition) is 1. The first-order chi connectivity index (χ1) is 8.15. The van der Waals surface area contributed by atoms with Gasteiger partial charge in [0.2, 0.25) is 5.28 Å². The molecular formula is C11H8ClF2N3. The molecule has 0 aliphatic rings. The molecule has 0 spiro atoms. The highest BCUT2D eigenvalue weighted by atomic mass is 35.5. The van der Waals surface area contributed by atoms with E-state index in [1.165, 1.54) is 12.3 Å². The second-order valence-corrected chi connectivity index (χ2v) is 3.65. The van der Waals surface area contributed by atoms with Gasteiger partial charge in [0.25, 0.3) is 0 Å². The standard InChI is InChI=1S/C11H8ClF2N3/c12-11-15-4-3-10(17-11)16-6-7-1-2-8(13)9(14)5-7/h1-5H,6H2,(H,15,16,17). The molecule has 0 aliphatic heterocycles. The number of hydrogen-bond acceptors (Lipinski definition) is 3. The van der Waals surface area contributed by atoms with Gasteiger partial charge in [-0.1, -0.05) is 6.07 Å². The number of benzene rings is 1. The van der Waals surface area contributed by atoms with E-state index in [2.05, 4.69) is 15.3 Å². The highest BCUT2D eigenvalue weighted by Crippen LogP contribution is 2.11. The van der Waals surface area contributed by atoms with Crippen LogP contribution in [0.25, 0.3) is 0 Å². The van der Waals surface area contributed by atoms with Gasteiger partial charge in [-0.25, -0.2) is 18.7 Å². The minimum atomic E-state index is -0.870. The lowest BCUT2D eigenvalue weighted by Crippen LogP contribution is -2.02. The third-order valence-electron chi connectivity index (χ3n) is 2.08. The third kappa shape index (κ3) is 3.10.